The van der Waals surface area contributed by atoms with Crippen LogP contribution in [-0.4, -0.2) is 15.8 Å². The van der Waals surface area contributed by atoms with Gasteiger partial charge in [0.05, 0.1) is 11.0 Å². The van der Waals surface area contributed by atoms with E-state index in [0.29, 0.717) is 5.56 Å². The molecule has 1 aromatic heterocycles. The van der Waals surface area contributed by atoms with Crippen LogP contribution < -0.4 is 0 Å². The number of carbonyl (C=O) groups excluding carboxylic acids is 1. The van der Waals surface area contributed by atoms with E-state index in [1.54, 1.807) is 0 Å². The van der Waals surface area contributed by atoms with E-state index < -0.39 is 0 Å². The fraction of sp³-hybridized carbons (Fsp3) is 0.333. The molecule has 1 heterocycles. The zero-order valence-corrected chi connectivity index (χ0v) is 9.03. The Balaban J connectivity index is 2.59. The van der Waals surface area contributed by atoms with Crippen molar-refractivity contribution in [3.63, 3.8) is 0 Å². The molecule has 15 heavy (non-hydrogen) atoms. The van der Waals surface area contributed by atoms with E-state index >= 15 is 0 Å². The Labute approximate surface area is 88.7 Å². The monoisotopic (exact) mass is 202 g/mol. The highest BCUT2D eigenvalue weighted by molar-refractivity contribution is 5.85. The Hall–Kier alpha value is -1.64. The van der Waals surface area contributed by atoms with E-state index in [1.165, 1.54) is 0 Å². The predicted octanol–water partition coefficient (Wildman–Crippen LogP) is 2.34. The topological polar surface area (TPSA) is 34.9 Å². The number of benzene rings is 1. The first-order chi connectivity index (χ1) is 7.26. The third-order valence-corrected chi connectivity index (χ3v) is 2.61. The number of imidazole rings is 1. The van der Waals surface area contributed by atoms with Crippen molar-refractivity contribution < 1.29 is 4.79 Å². The minimum absolute atomic E-state index is 0.684. The largest absolute Gasteiger partial charge is 0.331 e. The van der Waals surface area contributed by atoms with Crippen molar-refractivity contribution in [1.82, 2.24) is 9.55 Å². The van der Waals surface area contributed by atoms with Crippen molar-refractivity contribution in [2.24, 2.45) is 7.05 Å². The van der Waals surface area contributed by atoms with Crippen LogP contribution in [0, 0.1) is 0 Å². The lowest BCUT2D eigenvalue weighted by atomic mass is 10.2. The molecule has 0 atom stereocenters. The first-order valence-corrected chi connectivity index (χ1v) is 5.16. The second kappa shape index (κ2) is 3.85. The third-order valence-electron chi connectivity index (χ3n) is 2.61. The summed E-state index contributed by atoms with van der Waals surface area (Å²) in [4.78, 5) is 15.1. The summed E-state index contributed by atoms with van der Waals surface area (Å²) in [5.74, 6) is 1.08. The van der Waals surface area contributed by atoms with Crippen molar-refractivity contribution in [3.05, 3.63) is 29.6 Å². The lowest BCUT2D eigenvalue weighted by Gasteiger charge is -1.99. The first-order valence-electron chi connectivity index (χ1n) is 5.16. The minimum atomic E-state index is 0.684. The fourth-order valence-electron chi connectivity index (χ4n) is 1.79. The zero-order chi connectivity index (χ0) is 10.8. The van der Waals surface area contributed by atoms with Crippen molar-refractivity contribution >= 4 is 17.3 Å². The van der Waals surface area contributed by atoms with Gasteiger partial charge in [0, 0.05) is 19.0 Å². The van der Waals surface area contributed by atoms with Crippen LogP contribution in [0.4, 0.5) is 0 Å². The average Bonchev–Trinajstić information content (AvgIpc) is 2.56. The maximum Gasteiger partial charge on any atom is 0.150 e. The van der Waals surface area contributed by atoms with Crippen molar-refractivity contribution in [2.45, 2.75) is 19.8 Å². The summed E-state index contributed by atoms with van der Waals surface area (Å²) in [7, 11) is 2.01. The molecule has 0 spiro atoms. The molecule has 0 aliphatic carbocycles. The number of hydrogen-bond donors (Lipinski definition) is 0. The number of hydrogen-bond acceptors (Lipinski definition) is 2. The highest BCUT2D eigenvalue weighted by Crippen LogP contribution is 2.16. The molecule has 0 aliphatic rings. The van der Waals surface area contributed by atoms with Crippen LogP contribution in [0.3, 0.4) is 0 Å². The summed E-state index contributed by atoms with van der Waals surface area (Å²) in [5, 5.41) is 0. The normalized spacial score (nSPS) is 10.8. The molecular formula is C12H14N2O. The first kappa shape index (κ1) is 9.90. The molecule has 0 saturated heterocycles. The van der Waals surface area contributed by atoms with Gasteiger partial charge in [-0.1, -0.05) is 6.92 Å². The molecule has 3 heteroatoms. The van der Waals surface area contributed by atoms with Crippen molar-refractivity contribution in [2.75, 3.05) is 0 Å². The van der Waals surface area contributed by atoms with Crippen LogP contribution in [0.5, 0.6) is 0 Å². The second-order valence-electron chi connectivity index (χ2n) is 3.70. The van der Waals surface area contributed by atoms with Crippen molar-refractivity contribution in [3.8, 4) is 0 Å². The molecule has 2 rings (SSSR count). The molecule has 0 fully saturated rings. The Morgan fingerprint density at radius 1 is 1.47 bits per heavy atom. The molecule has 3 nitrogen and oxygen atoms in total. The van der Waals surface area contributed by atoms with Gasteiger partial charge in [-0.2, -0.15) is 0 Å². The molecule has 0 amide bonds. The molecular weight excluding hydrogens is 188 g/mol. The number of aldehydes is 1. The number of carbonyl (C=O) groups is 1. The standard InChI is InChI=1S/C12H14N2O/c1-3-4-12-13-10-7-9(8-15)5-6-11(10)14(12)2/h5-8H,3-4H2,1-2H3. The van der Waals surface area contributed by atoms with Crippen LogP contribution in [0.25, 0.3) is 11.0 Å². The summed E-state index contributed by atoms with van der Waals surface area (Å²) >= 11 is 0. The minimum Gasteiger partial charge on any atom is -0.331 e. The van der Waals surface area contributed by atoms with Crippen LogP contribution in [0.2, 0.25) is 0 Å². The van der Waals surface area contributed by atoms with E-state index in [9.17, 15) is 4.79 Å². The van der Waals surface area contributed by atoms with Crippen molar-refractivity contribution in [1.29, 1.82) is 0 Å². The lowest BCUT2D eigenvalue weighted by molar-refractivity contribution is 0.112. The Morgan fingerprint density at radius 2 is 2.27 bits per heavy atom. The number of rotatable bonds is 3. The summed E-state index contributed by atoms with van der Waals surface area (Å²) in [6.45, 7) is 2.14. The van der Waals surface area contributed by atoms with Crippen LogP contribution in [0.15, 0.2) is 18.2 Å². The van der Waals surface area contributed by atoms with Gasteiger partial charge in [0.25, 0.3) is 0 Å². The van der Waals surface area contributed by atoms with Gasteiger partial charge in [-0.3, -0.25) is 4.79 Å². The van der Waals surface area contributed by atoms with Gasteiger partial charge in [0.1, 0.15) is 12.1 Å². The van der Waals surface area contributed by atoms with Gasteiger partial charge >= 0.3 is 0 Å². The molecule has 0 saturated carbocycles. The molecule has 0 unspecified atom stereocenters. The predicted molar refractivity (Wildman–Crippen MR) is 60.1 cm³/mol. The summed E-state index contributed by atoms with van der Waals surface area (Å²) in [5.41, 5.74) is 2.68. The van der Waals surface area contributed by atoms with Gasteiger partial charge in [-0.05, 0) is 24.6 Å². The molecule has 78 valence electrons. The quantitative estimate of drug-likeness (QED) is 0.716. The smallest absolute Gasteiger partial charge is 0.150 e. The maximum absolute atomic E-state index is 10.6. The van der Waals surface area contributed by atoms with E-state index in [-0.39, 0.29) is 0 Å². The van der Waals surface area contributed by atoms with Gasteiger partial charge in [-0.25, -0.2) is 4.98 Å². The van der Waals surface area contributed by atoms with Gasteiger partial charge in [0.15, 0.2) is 0 Å². The van der Waals surface area contributed by atoms with E-state index in [2.05, 4.69) is 16.5 Å². The number of fused-ring (bicyclic) bond motifs is 1. The third kappa shape index (κ3) is 1.65. The maximum atomic E-state index is 10.6. The Bertz CT molecular complexity index is 500. The number of aromatic nitrogens is 2. The van der Waals surface area contributed by atoms with Crippen LogP contribution >= 0.6 is 0 Å². The fourth-order valence-corrected chi connectivity index (χ4v) is 1.79. The molecule has 1 aromatic carbocycles. The van der Waals surface area contributed by atoms with Crippen LogP contribution in [0.1, 0.15) is 29.5 Å². The SMILES string of the molecule is CCCc1nc2cc(C=O)ccc2n1C. The number of nitrogens with zero attached hydrogens (tertiary/aromatic N) is 2. The highest BCUT2D eigenvalue weighted by Gasteiger charge is 2.06. The van der Waals surface area contributed by atoms with Gasteiger partial charge < -0.3 is 4.57 Å². The van der Waals surface area contributed by atoms with Gasteiger partial charge in [-0.15, -0.1) is 0 Å². The van der Waals surface area contributed by atoms with E-state index in [0.717, 1.165) is 36.0 Å². The lowest BCUT2D eigenvalue weighted by Crippen LogP contribution is -1.96. The summed E-state index contributed by atoms with van der Waals surface area (Å²) < 4.78 is 2.09. The molecule has 2 aromatic rings. The highest BCUT2D eigenvalue weighted by atomic mass is 16.1. The molecule has 0 aliphatic heterocycles. The Kier molecular flexibility index (Phi) is 2.54. The summed E-state index contributed by atoms with van der Waals surface area (Å²) in [6.07, 6.45) is 2.91. The zero-order valence-electron chi connectivity index (χ0n) is 9.03. The van der Waals surface area contributed by atoms with Gasteiger partial charge in [0.2, 0.25) is 0 Å². The molecule has 0 bridgehead atoms. The molecule has 0 radical (unpaired) electrons. The number of aryl methyl sites for hydroxylation is 2. The Morgan fingerprint density at radius 3 is 2.93 bits per heavy atom. The van der Waals surface area contributed by atoms with E-state index in [1.807, 2.05) is 25.2 Å². The average molecular weight is 202 g/mol. The van der Waals surface area contributed by atoms with Crippen LogP contribution in [-0.2, 0) is 13.5 Å². The van der Waals surface area contributed by atoms with E-state index in [4.69, 9.17) is 0 Å². The second-order valence-corrected chi connectivity index (χ2v) is 3.70. The summed E-state index contributed by atoms with van der Waals surface area (Å²) in [6, 6.07) is 5.61. The molecule has 0 N–H and O–H groups in total.